The average molecular weight is 357 g/mol. The van der Waals surface area contributed by atoms with Crippen molar-refractivity contribution in [2.45, 2.75) is 46.2 Å². The monoisotopic (exact) mass is 357 g/mol. The molecule has 1 unspecified atom stereocenters. The number of carboxylic acid groups (broad SMARTS) is 1. The highest BCUT2D eigenvalue weighted by Gasteiger charge is 2.20. The minimum absolute atomic E-state index is 0.0548. The van der Waals surface area contributed by atoms with Crippen LogP contribution < -0.4 is 4.52 Å². The largest absolute Gasteiger partial charge is 0.481 e. The highest BCUT2D eigenvalue weighted by molar-refractivity contribution is 7.53. The molecule has 0 fully saturated rings. The summed E-state index contributed by atoms with van der Waals surface area (Å²) in [6.45, 7) is 10.9. The van der Waals surface area contributed by atoms with Crippen molar-refractivity contribution in [3.8, 4) is 5.75 Å². The zero-order valence-electron chi connectivity index (χ0n) is 15.1. The van der Waals surface area contributed by atoms with E-state index in [0.29, 0.717) is 36.5 Å². The Morgan fingerprint density at radius 2 is 1.71 bits per heavy atom. The molecule has 6 nitrogen and oxygen atoms in total. The van der Waals surface area contributed by atoms with E-state index >= 15 is 0 Å². The molecule has 1 rings (SSSR count). The minimum Gasteiger partial charge on any atom is -0.481 e. The third-order valence-electron chi connectivity index (χ3n) is 3.55. The summed E-state index contributed by atoms with van der Waals surface area (Å²) in [5.41, 5.74) is 0.659. The van der Waals surface area contributed by atoms with Crippen LogP contribution in [0.3, 0.4) is 0 Å². The SMILES string of the molecule is CC(C)N(CCOP(C)(=O)Oc1ccc(CC(=O)O)cc1)C(C)C. The van der Waals surface area contributed by atoms with Crippen LogP contribution in [0.1, 0.15) is 33.3 Å². The Hall–Kier alpha value is -1.36. The van der Waals surface area contributed by atoms with Gasteiger partial charge in [-0.2, -0.15) is 0 Å². The van der Waals surface area contributed by atoms with Crippen LogP contribution in [-0.2, 0) is 20.3 Å². The lowest BCUT2D eigenvalue weighted by Crippen LogP contribution is -2.39. The Morgan fingerprint density at radius 3 is 2.17 bits per heavy atom. The fraction of sp³-hybridized carbons (Fsp3) is 0.588. The molecule has 0 aliphatic rings. The zero-order chi connectivity index (χ0) is 18.3. The van der Waals surface area contributed by atoms with Crippen molar-refractivity contribution >= 4 is 13.6 Å². The van der Waals surface area contributed by atoms with Crippen LogP contribution in [0.4, 0.5) is 0 Å². The third-order valence-corrected chi connectivity index (χ3v) is 4.75. The standard InChI is InChI=1S/C17H28NO5P/c1-13(2)18(14(3)4)10-11-22-24(5,21)23-16-8-6-15(7-9-16)12-17(19)20/h6-9,13-14H,10-12H2,1-5H3,(H,19,20). The summed E-state index contributed by atoms with van der Waals surface area (Å²) in [7, 11) is -3.22. The van der Waals surface area contributed by atoms with Gasteiger partial charge in [0.1, 0.15) is 5.75 Å². The molecular formula is C17H28NO5P. The van der Waals surface area contributed by atoms with Gasteiger partial charge in [0.2, 0.25) is 0 Å². The number of hydrogen-bond acceptors (Lipinski definition) is 5. The molecule has 1 N–H and O–H groups in total. The Morgan fingerprint density at radius 1 is 1.17 bits per heavy atom. The van der Waals surface area contributed by atoms with Gasteiger partial charge in [0.15, 0.2) is 0 Å². The van der Waals surface area contributed by atoms with Gasteiger partial charge in [-0.05, 0) is 45.4 Å². The molecule has 24 heavy (non-hydrogen) atoms. The number of benzene rings is 1. The smallest absolute Gasteiger partial charge is 0.376 e. The topological polar surface area (TPSA) is 76.1 Å². The fourth-order valence-electron chi connectivity index (χ4n) is 2.49. The van der Waals surface area contributed by atoms with Crippen molar-refractivity contribution in [3.05, 3.63) is 29.8 Å². The van der Waals surface area contributed by atoms with E-state index in [-0.39, 0.29) is 6.42 Å². The minimum atomic E-state index is -3.22. The second kappa shape index (κ2) is 9.21. The molecule has 0 aromatic heterocycles. The van der Waals surface area contributed by atoms with Gasteiger partial charge < -0.3 is 9.63 Å². The molecule has 7 heteroatoms. The van der Waals surface area contributed by atoms with E-state index in [9.17, 15) is 9.36 Å². The van der Waals surface area contributed by atoms with Crippen LogP contribution in [0.5, 0.6) is 5.75 Å². The van der Waals surface area contributed by atoms with Gasteiger partial charge in [-0.25, -0.2) is 4.57 Å². The summed E-state index contributed by atoms with van der Waals surface area (Å²) in [5, 5.41) is 8.74. The van der Waals surface area contributed by atoms with E-state index in [1.165, 1.54) is 6.66 Å². The number of hydrogen-bond donors (Lipinski definition) is 1. The summed E-state index contributed by atoms with van der Waals surface area (Å²) in [6, 6.07) is 7.25. The first-order valence-corrected chi connectivity index (χ1v) is 10.1. The van der Waals surface area contributed by atoms with Crippen LogP contribution in [-0.4, -0.2) is 47.9 Å². The quantitative estimate of drug-likeness (QED) is 0.644. The Bertz CT molecular complexity index is 563. The summed E-state index contributed by atoms with van der Waals surface area (Å²) < 4.78 is 23.3. The molecule has 0 saturated carbocycles. The van der Waals surface area contributed by atoms with Crippen molar-refractivity contribution in [3.63, 3.8) is 0 Å². The van der Waals surface area contributed by atoms with E-state index in [1.54, 1.807) is 24.3 Å². The normalized spacial score (nSPS) is 14.2. The maximum atomic E-state index is 12.4. The van der Waals surface area contributed by atoms with Crippen LogP contribution in [0.15, 0.2) is 24.3 Å². The molecule has 1 aromatic rings. The molecule has 0 aliphatic carbocycles. The van der Waals surface area contributed by atoms with E-state index in [0.717, 1.165) is 0 Å². The number of nitrogens with zero attached hydrogens (tertiary/aromatic N) is 1. The van der Waals surface area contributed by atoms with Crippen LogP contribution in [0, 0.1) is 0 Å². The summed E-state index contributed by atoms with van der Waals surface area (Å²) in [4.78, 5) is 12.9. The highest BCUT2D eigenvalue weighted by atomic mass is 31.2. The lowest BCUT2D eigenvalue weighted by Gasteiger charge is -2.30. The van der Waals surface area contributed by atoms with Gasteiger partial charge >= 0.3 is 13.6 Å². The van der Waals surface area contributed by atoms with Gasteiger partial charge in [0.05, 0.1) is 13.0 Å². The van der Waals surface area contributed by atoms with Gasteiger partial charge in [-0.3, -0.25) is 14.2 Å². The van der Waals surface area contributed by atoms with Crippen molar-refractivity contribution in [2.24, 2.45) is 0 Å². The molecule has 1 aromatic carbocycles. The molecule has 136 valence electrons. The molecule has 0 bridgehead atoms. The van der Waals surface area contributed by atoms with Gasteiger partial charge in [-0.15, -0.1) is 0 Å². The maximum absolute atomic E-state index is 12.4. The third kappa shape index (κ3) is 7.47. The first kappa shape index (κ1) is 20.7. The Labute approximate surface area is 144 Å². The molecule has 0 radical (unpaired) electrons. The van der Waals surface area contributed by atoms with E-state index in [2.05, 4.69) is 32.6 Å². The molecule has 0 saturated heterocycles. The first-order chi connectivity index (χ1) is 11.1. The fourth-order valence-corrected chi connectivity index (χ4v) is 3.46. The van der Waals surface area contributed by atoms with Crippen molar-refractivity contribution < 1.29 is 23.5 Å². The zero-order valence-corrected chi connectivity index (χ0v) is 16.0. The lowest BCUT2D eigenvalue weighted by molar-refractivity contribution is -0.136. The van der Waals surface area contributed by atoms with Gasteiger partial charge in [0, 0.05) is 25.3 Å². The van der Waals surface area contributed by atoms with E-state index in [1.807, 2.05) is 0 Å². The highest BCUT2D eigenvalue weighted by Crippen LogP contribution is 2.44. The number of rotatable bonds is 10. The van der Waals surface area contributed by atoms with Gasteiger partial charge in [-0.1, -0.05) is 12.1 Å². The van der Waals surface area contributed by atoms with Crippen molar-refractivity contribution in [1.82, 2.24) is 4.90 Å². The first-order valence-electron chi connectivity index (χ1n) is 8.09. The van der Waals surface area contributed by atoms with E-state index in [4.69, 9.17) is 14.2 Å². The van der Waals surface area contributed by atoms with E-state index < -0.39 is 13.6 Å². The second-order valence-corrected chi connectivity index (χ2v) is 8.32. The van der Waals surface area contributed by atoms with Gasteiger partial charge in [0.25, 0.3) is 0 Å². The second-order valence-electron chi connectivity index (χ2n) is 6.34. The molecule has 0 heterocycles. The number of carbonyl (C=O) groups is 1. The lowest BCUT2D eigenvalue weighted by atomic mass is 10.1. The van der Waals surface area contributed by atoms with Crippen molar-refractivity contribution in [1.29, 1.82) is 0 Å². The Kier molecular flexibility index (Phi) is 7.94. The molecule has 0 aliphatic heterocycles. The van der Waals surface area contributed by atoms with Crippen LogP contribution >= 0.6 is 7.60 Å². The predicted octanol–water partition coefficient (Wildman–Crippen LogP) is 3.65. The van der Waals surface area contributed by atoms with Crippen LogP contribution in [0.2, 0.25) is 0 Å². The molecule has 0 amide bonds. The van der Waals surface area contributed by atoms with Crippen molar-refractivity contribution in [2.75, 3.05) is 19.8 Å². The number of aliphatic carboxylic acids is 1. The number of carboxylic acids is 1. The Balaban J connectivity index is 2.54. The summed E-state index contributed by atoms with van der Waals surface area (Å²) in [5.74, 6) is -0.493. The average Bonchev–Trinajstić information content (AvgIpc) is 2.44. The molecule has 0 spiro atoms. The summed E-state index contributed by atoms with van der Waals surface area (Å²) in [6.07, 6.45) is -0.0548. The molecule has 1 atom stereocenters. The maximum Gasteiger partial charge on any atom is 0.376 e. The predicted molar refractivity (Wildman–Crippen MR) is 94.9 cm³/mol. The summed E-state index contributed by atoms with van der Waals surface area (Å²) >= 11 is 0. The van der Waals surface area contributed by atoms with Crippen LogP contribution in [0.25, 0.3) is 0 Å². The molecular weight excluding hydrogens is 329 g/mol.